The van der Waals surface area contributed by atoms with Crippen molar-refractivity contribution in [2.24, 2.45) is 5.92 Å². The number of aliphatic hydroxyl groups is 1. The van der Waals surface area contributed by atoms with Gasteiger partial charge in [0.05, 0.1) is 11.0 Å². The second kappa shape index (κ2) is 6.41. The van der Waals surface area contributed by atoms with Crippen molar-refractivity contribution < 1.29 is 9.84 Å². The zero-order valence-electron chi connectivity index (χ0n) is 10.3. The summed E-state index contributed by atoms with van der Waals surface area (Å²) in [6.07, 6.45) is 2.33. The standard InChI is InChI=1S/C12H23NO2S.CH4/c1-3-15-10(2)16-9-12(14)8-13-6-4-11(12)5-7-13;/h10-11,14H,3-9H2,1-2H3;1H4. The third kappa shape index (κ3) is 3.60. The highest BCUT2D eigenvalue weighted by Crippen LogP contribution is 2.38. The molecule has 0 aromatic heterocycles. The van der Waals surface area contributed by atoms with E-state index < -0.39 is 5.60 Å². The number of fused-ring (bicyclic) bond motifs is 3. The molecule has 0 aromatic carbocycles. The number of hydrogen-bond donors (Lipinski definition) is 1. The van der Waals surface area contributed by atoms with Crippen LogP contribution in [0.25, 0.3) is 0 Å². The van der Waals surface area contributed by atoms with Gasteiger partial charge in [-0.05, 0) is 45.7 Å². The lowest BCUT2D eigenvalue weighted by atomic mass is 9.76. The molecule has 3 rings (SSSR count). The molecule has 3 saturated heterocycles. The number of ether oxygens (including phenoxy) is 1. The van der Waals surface area contributed by atoms with Gasteiger partial charge in [-0.1, -0.05) is 7.43 Å². The summed E-state index contributed by atoms with van der Waals surface area (Å²) in [5.41, 5.74) is -0.267. The van der Waals surface area contributed by atoms with Crippen LogP contribution in [0.15, 0.2) is 0 Å². The lowest BCUT2D eigenvalue weighted by molar-refractivity contribution is -0.0952. The third-order valence-electron chi connectivity index (χ3n) is 3.81. The van der Waals surface area contributed by atoms with Crippen LogP contribution in [0.2, 0.25) is 0 Å². The third-order valence-corrected chi connectivity index (χ3v) is 5.09. The topological polar surface area (TPSA) is 32.7 Å². The Morgan fingerprint density at radius 1 is 1.47 bits per heavy atom. The van der Waals surface area contributed by atoms with Gasteiger partial charge in [0, 0.05) is 18.9 Å². The Morgan fingerprint density at radius 2 is 2.12 bits per heavy atom. The van der Waals surface area contributed by atoms with Crippen molar-refractivity contribution in [3.8, 4) is 0 Å². The summed E-state index contributed by atoms with van der Waals surface area (Å²) in [5, 5.41) is 10.7. The number of piperidine rings is 3. The molecule has 3 aliphatic heterocycles. The van der Waals surface area contributed by atoms with Crippen LogP contribution in [0.5, 0.6) is 0 Å². The molecular formula is C13H27NO2S. The Kier molecular flexibility index (Phi) is 5.77. The molecule has 0 spiro atoms. The molecule has 3 heterocycles. The minimum absolute atomic E-state index is 0. The summed E-state index contributed by atoms with van der Waals surface area (Å²) in [6.45, 7) is 8.06. The molecule has 0 aliphatic carbocycles. The maximum Gasteiger partial charge on any atom is 0.1000 e. The second-order valence-corrected chi connectivity index (χ2v) is 6.27. The summed E-state index contributed by atoms with van der Waals surface area (Å²) < 4.78 is 5.50. The molecule has 3 aliphatic rings. The van der Waals surface area contributed by atoms with Gasteiger partial charge in [-0.2, -0.15) is 0 Å². The first-order valence-electron chi connectivity index (χ1n) is 6.32. The summed E-state index contributed by atoms with van der Waals surface area (Å²) in [6, 6.07) is 0. The maximum atomic E-state index is 10.7. The summed E-state index contributed by atoms with van der Waals surface area (Å²) in [4.78, 5) is 2.39. The Labute approximate surface area is 110 Å². The van der Waals surface area contributed by atoms with Gasteiger partial charge in [0.2, 0.25) is 0 Å². The van der Waals surface area contributed by atoms with Crippen LogP contribution in [0, 0.1) is 5.92 Å². The van der Waals surface area contributed by atoms with E-state index in [-0.39, 0.29) is 12.9 Å². The molecule has 0 radical (unpaired) electrons. The number of hydrogen-bond acceptors (Lipinski definition) is 4. The lowest BCUT2D eigenvalue weighted by Crippen LogP contribution is -2.60. The number of thioether (sulfide) groups is 1. The number of nitrogens with zero attached hydrogens (tertiary/aromatic N) is 1. The molecule has 0 amide bonds. The molecule has 102 valence electrons. The van der Waals surface area contributed by atoms with E-state index in [0.717, 1.165) is 18.9 Å². The molecule has 3 nitrogen and oxygen atoms in total. The van der Waals surface area contributed by atoms with E-state index in [2.05, 4.69) is 11.8 Å². The van der Waals surface area contributed by atoms with E-state index in [1.165, 1.54) is 25.9 Å². The second-order valence-electron chi connectivity index (χ2n) is 4.99. The highest BCUT2D eigenvalue weighted by atomic mass is 32.2. The van der Waals surface area contributed by atoms with E-state index in [4.69, 9.17) is 4.74 Å². The predicted octanol–water partition coefficient (Wildman–Crippen LogP) is 2.19. The van der Waals surface area contributed by atoms with Gasteiger partial charge in [0.25, 0.3) is 0 Å². The summed E-state index contributed by atoms with van der Waals surface area (Å²) in [5.74, 6) is 1.33. The molecule has 3 fully saturated rings. The van der Waals surface area contributed by atoms with Crippen molar-refractivity contribution in [2.75, 3.05) is 32.0 Å². The van der Waals surface area contributed by atoms with Gasteiger partial charge in [-0.25, -0.2) is 0 Å². The normalized spacial score (nSPS) is 37.6. The molecule has 2 atom stereocenters. The smallest absolute Gasteiger partial charge is 0.1000 e. The SMILES string of the molecule is C.CCOC(C)SCC1(O)CN2CCC1CC2. The Balaban J connectivity index is 0.00000144. The lowest BCUT2D eigenvalue weighted by Gasteiger charge is -2.50. The van der Waals surface area contributed by atoms with Gasteiger partial charge >= 0.3 is 0 Å². The molecule has 4 heteroatoms. The fraction of sp³-hybridized carbons (Fsp3) is 1.00. The van der Waals surface area contributed by atoms with Gasteiger partial charge < -0.3 is 14.7 Å². The fourth-order valence-electron chi connectivity index (χ4n) is 2.85. The molecule has 0 saturated carbocycles. The Hall–Kier alpha value is 0.230. The van der Waals surface area contributed by atoms with Gasteiger partial charge in [-0.3, -0.25) is 0 Å². The maximum absolute atomic E-state index is 10.7. The van der Waals surface area contributed by atoms with Crippen molar-refractivity contribution >= 4 is 11.8 Å². The molecule has 1 N–H and O–H groups in total. The van der Waals surface area contributed by atoms with Crippen molar-refractivity contribution in [3.63, 3.8) is 0 Å². The predicted molar refractivity (Wildman–Crippen MR) is 74.4 cm³/mol. The zero-order valence-corrected chi connectivity index (χ0v) is 11.1. The molecular weight excluding hydrogens is 234 g/mol. The minimum atomic E-state index is -0.466. The van der Waals surface area contributed by atoms with Crippen LogP contribution in [0.4, 0.5) is 0 Å². The first-order chi connectivity index (χ1) is 7.64. The minimum Gasteiger partial charge on any atom is -0.387 e. The largest absolute Gasteiger partial charge is 0.387 e. The van der Waals surface area contributed by atoms with Crippen LogP contribution in [0.3, 0.4) is 0 Å². The van der Waals surface area contributed by atoms with Crippen LogP contribution in [-0.4, -0.2) is 53.0 Å². The van der Waals surface area contributed by atoms with E-state index in [0.29, 0.717) is 5.92 Å². The molecule has 2 bridgehead atoms. The monoisotopic (exact) mass is 261 g/mol. The average Bonchev–Trinajstić information content (AvgIpc) is 2.28. The summed E-state index contributed by atoms with van der Waals surface area (Å²) >= 11 is 1.75. The van der Waals surface area contributed by atoms with Crippen molar-refractivity contribution in [1.29, 1.82) is 0 Å². The van der Waals surface area contributed by atoms with Crippen LogP contribution in [-0.2, 0) is 4.74 Å². The van der Waals surface area contributed by atoms with Crippen molar-refractivity contribution in [1.82, 2.24) is 4.90 Å². The Morgan fingerprint density at radius 3 is 2.59 bits per heavy atom. The van der Waals surface area contributed by atoms with E-state index in [1.807, 2.05) is 6.92 Å². The molecule has 0 aromatic rings. The van der Waals surface area contributed by atoms with E-state index >= 15 is 0 Å². The van der Waals surface area contributed by atoms with Gasteiger partial charge in [0.1, 0.15) is 0 Å². The van der Waals surface area contributed by atoms with Crippen LogP contribution < -0.4 is 0 Å². The zero-order chi connectivity index (χ0) is 11.6. The first kappa shape index (κ1) is 15.3. The van der Waals surface area contributed by atoms with E-state index in [9.17, 15) is 5.11 Å². The van der Waals surface area contributed by atoms with Crippen LogP contribution in [0.1, 0.15) is 34.1 Å². The highest BCUT2D eigenvalue weighted by molar-refractivity contribution is 7.99. The van der Waals surface area contributed by atoms with Crippen LogP contribution >= 0.6 is 11.8 Å². The van der Waals surface area contributed by atoms with Gasteiger partial charge in [0.15, 0.2) is 0 Å². The quantitative estimate of drug-likeness (QED) is 0.769. The van der Waals surface area contributed by atoms with E-state index in [1.54, 1.807) is 11.8 Å². The highest BCUT2D eigenvalue weighted by Gasteiger charge is 2.45. The number of rotatable bonds is 5. The molecule has 2 unspecified atom stereocenters. The fourth-order valence-corrected chi connectivity index (χ4v) is 3.94. The summed E-state index contributed by atoms with van der Waals surface area (Å²) in [7, 11) is 0. The molecule has 17 heavy (non-hydrogen) atoms. The Bertz CT molecular complexity index is 231. The van der Waals surface area contributed by atoms with Crippen molar-refractivity contribution in [2.45, 2.75) is 45.2 Å². The van der Waals surface area contributed by atoms with Gasteiger partial charge in [-0.15, -0.1) is 11.8 Å². The van der Waals surface area contributed by atoms with Crippen molar-refractivity contribution in [3.05, 3.63) is 0 Å². The average molecular weight is 261 g/mol. The first-order valence-corrected chi connectivity index (χ1v) is 7.37.